The molecule has 38 heavy (non-hydrogen) atoms. The SMILES string of the molecule is COC(c1ccc(Cl)cc1Cl)[C@H]1O[C@H](OC)[C@H](OCc2ccc(Cl)cc2Cl)[C@@H]1OCc1ccc(Cl)cc1Cl. The molecule has 3 aromatic carbocycles. The van der Waals surface area contributed by atoms with Crippen LogP contribution < -0.4 is 0 Å². The second-order valence-corrected chi connectivity index (χ2v) is 11.1. The Labute approximate surface area is 251 Å². The fourth-order valence-electron chi connectivity index (χ4n) is 4.27. The molecule has 5 nitrogen and oxygen atoms in total. The van der Waals surface area contributed by atoms with Gasteiger partial charge in [-0.05, 0) is 47.5 Å². The van der Waals surface area contributed by atoms with E-state index in [1.54, 1.807) is 61.7 Å². The van der Waals surface area contributed by atoms with Gasteiger partial charge < -0.3 is 23.7 Å². The minimum atomic E-state index is -0.777. The topological polar surface area (TPSA) is 46.2 Å². The maximum Gasteiger partial charge on any atom is 0.186 e. The summed E-state index contributed by atoms with van der Waals surface area (Å²) in [5.74, 6) is 0. The molecule has 1 aliphatic heterocycles. The monoisotopic (exact) mass is 638 g/mol. The van der Waals surface area contributed by atoms with Gasteiger partial charge in [-0.15, -0.1) is 0 Å². The predicted molar refractivity (Wildman–Crippen MR) is 152 cm³/mol. The third-order valence-electron chi connectivity index (χ3n) is 6.15. The molecule has 1 saturated heterocycles. The Balaban J connectivity index is 1.65. The average Bonchev–Trinajstić information content (AvgIpc) is 3.22. The van der Waals surface area contributed by atoms with Crippen LogP contribution in [0, 0.1) is 0 Å². The minimum absolute atomic E-state index is 0.156. The highest BCUT2D eigenvalue weighted by atomic mass is 35.5. The molecule has 0 spiro atoms. The van der Waals surface area contributed by atoms with Gasteiger partial charge >= 0.3 is 0 Å². The van der Waals surface area contributed by atoms with Gasteiger partial charge in [0, 0.05) is 49.9 Å². The second-order valence-electron chi connectivity index (χ2n) is 8.55. The van der Waals surface area contributed by atoms with Crippen LogP contribution in [0.3, 0.4) is 0 Å². The fraction of sp³-hybridized carbons (Fsp3) is 0.333. The Hall–Kier alpha value is -0.800. The Kier molecular flexibility index (Phi) is 10.9. The van der Waals surface area contributed by atoms with Crippen LogP contribution in [0.2, 0.25) is 30.1 Å². The number of rotatable bonds is 10. The normalized spacial score (nSPS) is 22.1. The molecule has 204 valence electrons. The molecule has 0 saturated carbocycles. The van der Waals surface area contributed by atoms with Crippen molar-refractivity contribution in [2.75, 3.05) is 14.2 Å². The number of ether oxygens (including phenoxy) is 5. The molecular weight excluding hydrogens is 617 g/mol. The van der Waals surface area contributed by atoms with Crippen molar-refractivity contribution in [3.63, 3.8) is 0 Å². The van der Waals surface area contributed by atoms with E-state index in [1.165, 1.54) is 7.11 Å². The second kappa shape index (κ2) is 13.7. The van der Waals surface area contributed by atoms with E-state index < -0.39 is 30.7 Å². The van der Waals surface area contributed by atoms with E-state index in [2.05, 4.69) is 0 Å². The summed E-state index contributed by atoms with van der Waals surface area (Å²) in [5.41, 5.74) is 2.17. The van der Waals surface area contributed by atoms with E-state index in [1.807, 2.05) is 0 Å². The molecule has 0 amide bonds. The molecule has 1 fully saturated rings. The van der Waals surface area contributed by atoms with Gasteiger partial charge in [-0.25, -0.2) is 0 Å². The average molecular weight is 641 g/mol. The summed E-state index contributed by atoms with van der Waals surface area (Å²) in [6.07, 6.45) is -3.39. The fourth-order valence-corrected chi connectivity index (χ4v) is 5.71. The van der Waals surface area contributed by atoms with Gasteiger partial charge in [-0.3, -0.25) is 0 Å². The van der Waals surface area contributed by atoms with Crippen LogP contribution in [0.15, 0.2) is 54.6 Å². The summed E-state index contributed by atoms with van der Waals surface area (Å²) in [6, 6.07) is 15.6. The first-order valence-corrected chi connectivity index (χ1v) is 13.8. The number of halogens is 6. The Morgan fingerprint density at radius 1 is 0.684 bits per heavy atom. The Morgan fingerprint density at radius 3 is 1.66 bits per heavy atom. The van der Waals surface area contributed by atoms with Crippen molar-refractivity contribution in [1.82, 2.24) is 0 Å². The van der Waals surface area contributed by atoms with Crippen LogP contribution in [0.25, 0.3) is 0 Å². The summed E-state index contributed by atoms with van der Waals surface area (Å²) in [5, 5.41) is 2.95. The number of hydrogen-bond acceptors (Lipinski definition) is 5. The molecule has 11 heteroatoms. The molecule has 0 aromatic heterocycles. The van der Waals surface area contributed by atoms with Crippen LogP contribution in [-0.2, 0) is 36.9 Å². The first-order chi connectivity index (χ1) is 18.2. The Bertz CT molecular complexity index is 1260. The van der Waals surface area contributed by atoms with Crippen molar-refractivity contribution in [2.24, 2.45) is 0 Å². The highest BCUT2D eigenvalue weighted by molar-refractivity contribution is 6.36. The van der Waals surface area contributed by atoms with Crippen molar-refractivity contribution in [2.45, 2.75) is 43.9 Å². The summed E-state index contributed by atoms with van der Waals surface area (Å²) in [6.45, 7) is 0.320. The van der Waals surface area contributed by atoms with Gasteiger partial charge in [-0.1, -0.05) is 87.8 Å². The van der Waals surface area contributed by atoms with Gasteiger partial charge in [-0.2, -0.15) is 0 Å². The van der Waals surface area contributed by atoms with Crippen molar-refractivity contribution in [3.8, 4) is 0 Å². The van der Waals surface area contributed by atoms with Crippen LogP contribution in [0.4, 0.5) is 0 Å². The van der Waals surface area contributed by atoms with E-state index in [9.17, 15) is 0 Å². The van der Waals surface area contributed by atoms with Gasteiger partial charge in [0.25, 0.3) is 0 Å². The highest BCUT2D eigenvalue weighted by Crippen LogP contribution is 2.40. The van der Waals surface area contributed by atoms with Crippen LogP contribution in [-0.4, -0.2) is 38.8 Å². The van der Waals surface area contributed by atoms with Crippen molar-refractivity contribution >= 4 is 69.6 Å². The molecule has 4 rings (SSSR count). The lowest BCUT2D eigenvalue weighted by atomic mass is 9.98. The van der Waals surface area contributed by atoms with Crippen LogP contribution in [0.1, 0.15) is 22.8 Å². The molecule has 1 heterocycles. The Morgan fingerprint density at radius 2 is 1.18 bits per heavy atom. The van der Waals surface area contributed by atoms with E-state index in [4.69, 9.17) is 93.3 Å². The third-order valence-corrected chi connectivity index (χ3v) is 7.89. The smallest absolute Gasteiger partial charge is 0.186 e. The summed E-state index contributed by atoms with van der Waals surface area (Å²) in [4.78, 5) is 0. The highest BCUT2D eigenvalue weighted by Gasteiger charge is 2.51. The molecule has 0 aliphatic carbocycles. The van der Waals surface area contributed by atoms with E-state index >= 15 is 0 Å². The molecule has 0 N–H and O–H groups in total. The predicted octanol–water partition coefficient (Wildman–Crippen LogP) is 8.84. The summed E-state index contributed by atoms with van der Waals surface area (Å²) in [7, 11) is 3.10. The lowest BCUT2D eigenvalue weighted by molar-refractivity contribution is -0.177. The maximum absolute atomic E-state index is 6.54. The first kappa shape index (κ1) is 30.2. The summed E-state index contributed by atoms with van der Waals surface area (Å²) < 4.78 is 30.6. The van der Waals surface area contributed by atoms with Gasteiger partial charge in [0.15, 0.2) is 6.29 Å². The van der Waals surface area contributed by atoms with E-state index in [-0.39, 0.29) is 13.2 Å². The van der Waals surface area contributed by atoms with Crippen LogP contribution >= 0.6 is 69.6 Å². The number of benzene rings is 3. The zero-order chi connectivity index (χ0) is 27.4. The lowest BCUT2D eigenvalue weighted by Crippen LogP contribution is -2.40. The van der Waals surface area contributed by atoms with E-state index in [0.29, 0.717) is 35.7 Å². The molecule has 0 radical (unpaired) electrons. The van der Waals surface area contributed by atoms with E-state index in [0.717, 1.165) is 11.1 Å². The molecular formula is C27H24Cl6O5. The maximum atomic E-state index is 6.54. The van der Waals surface area contributed by atoms with Gasteiger partial charge in [0.2, 0.25) is 0 Å². The number of methoxy groups -OCH3 is 2. The van der Waals surface area contributed by atoms with Crippen LogP contribution in [0.5, 0.6) is 0 Å². The van der Waals surface area contributed by atoms with Gasteiger partial charge in [0.1, 0.15) is 24.4 Å². The zero-order valence-corrected chi connectivity index (χ0v) is 24.8. The van der Waals surface area contributed by atoms with Gasteiger partial charge in [0.05, 0.1) is 13.2 Å². The summed E-state index contributed by atoms with van der Waals surface area (Å²) >= 11 is 37.6. The molecule has 1 aliphatic rings. The first-order valence-electron chi connectivity index (χ1n) is 11.5. The molecule has 3 aromatic rings. The van der Waals surface area contributed by atoms with Crippen molar-refractivity contribution in [1.29, 1.82) is 0 Å². The van der Waals surface area contributed by atoms with Crippen molar-refractivity contribution < 1.29 is 23.7 Å². The van der Waals surface area contributed by atoms with Crippen molar-refractivity contribution in [3.05, 3.63) is 101 Å². The lowest BCUT2D eigenvalue weighted by Gasteiger charge is -2.29. The number of hydrogen-bond donors (Lipinski definition) is 0. The quantitative estimate of drug-likeness (QED) is 0.222. The largest absolute Gasteiger partial charge is 0.374 e. The molecule has 5 atom stereocenters. The molecule has 0 bridgehead atoms. The minimum Gasteiger partial charge on any atom is -0.374 e. The third kappa shape index (κ3) is 7.09. The molecule has 1 unspecified atom stereocenters. The standard InChI is InChI=1S/C27H24Cl6O5/c1-34-23(19-8-7-18(30)11-22(19)33)25-24(36-12-14-3-5-16(28)9-20(14)31)26(27(35-2)38-25)37-13-15-4-6-17(29)10-21(15)32/h3-11,23-27H,12-13H2,1-2H3/t23?,24-,25-,26-,27+/m1/s1. The zero-order valence-electron chi connectivity index (χ0n) is 20.3.